The fourth-order valence-electron chi connectivity index (χ4n) is 6.83. The lowest BCUT2D eigenvalue weighted by atomic mass is 10.2. The summed E-state index contributed by atoms with van der Waals surface area (Å²) in [6.45, 7) is 7.82. The van der Waals surface area contributed by atoms with Crippen molar-refractivity contribution in [1.29, 1.82) is 0 Å². The van der Waals surface area contributed by atoms with Crippen molar-refractivity contribution in [1.82, 2.24) is 14.6 Å². The Bertz CT molecular complexity index is 3000. The molecule has 0 saturated carbocycles. The van der Waals surface area contributed by atoms with Crippen molar-refractivity contribution in [3.8, 4) is 46.0 Å². The van der Waals surface area contributed by atoms with E-state index in [0.717, 1.165) is 22.3 Å². The fourth-order valence-corrected chi connectivity index (χ4v) is 20.6. The van der Waals surface area contributed by atoms with Crippen LogP contribution in [0.2, 0.25) is 0 Å². The minimum Gasteiger partial charge on any atom is -0.415 e. The van der Waals surface area contributed by atoms with Crippen LogP contribution in [-0.2, 0) is 0 Å². The molecule has 9 rings (SSSR count). The largest absolute Gasteiger partial charge is 0.617 e. The van der Waals surface area contributed by atoms with Gasteiger partial charge >= 0.3 is 31.7 Å². The van der Waals surface area contributed by atoms with Crippen LogP contribution in [0.5, 0.6) is 46.0 Å². The van der Waals surface area contributed by atoms with Crippen molar-refractivity contribution >= 4 is 31.7 Å². The Morgan fingerprint density at radius 2 is 0.676 bits per heavy atom. The fraction of sp³-hybridized carbons (Fsp3) is 0.0769. The van der Waals surface area contributed by atoms with Gasteiger partial charge in [-0.15, -0.1) is 0 Å². The Balaban J connectivity index is 1.43. The zero-order valence-corrected chi connectivity index (χ0v) is 41.4. The molecule has 4 unspecified atom stereocenters. The molecule has 3 N–H and O–H groups in total. The summed E-state index contributed by atoms with van der Waals surface area (Å²) in [4.78, 5) is 11.3. The monoisotopic (exact) mass is 983 g/mol. The first kappa shape index (κ1) is 46.7. The Labute approximate surface area is 399 Å². The smallest absolute Gasteiger partial charge is 0.415 e. The van der Waals surface area contributed by atoms with Crippen LogP contribution in [0.25, 0.3) is 0 Å². The van der Waals surface area contributed by atoms with Gasteiger partial charge in [-0.2, -0.15) is 0 Å². The number of hydrogen-bond acceptors (Lipinski definition) is 12. The van der Waals surface area contributed by atoms with Gasteiger partial charge < -0.3 is 9.05 Å². The molecule has 0 aliphatic carbocycles. The van der Waals surface area contributed by atoms with Crippen LogP contribution < -0.4 is 50.8 Å². The van der Waals surface area contributed by atoms with E-state index in [-0.39, 0.29) is 0 Å². The van der Waals surface area contributed by atoms with Gasteiger partial charge in [0.05, 0.1) is 4.52 Å². The Kier molecular flexibility index (Phi) is 14.3. The van der Waals surface area contributed by atoms with E-state index in [0.29, 0.717) is 46.0 Å². The van der Waals surface area contributed by atoms with Gasteiger partial charge in [0.2, 0.25) is 0 Å². The summed E-state index contributed by atoms with van der Waals surface area (Å²) < 4.78 is 64.5. The SMILES string of the molecule is Cc1ccccc1OP1(Oc2ccccc2)=N[P+](Oc2ccccc2)(Oc2ccccc2C)N[P+](Oc2ccccc2)(Oc2ccccc2C)N[P+](Oc2ccccc2)(Oc2ccccc2C)N1. The van der Waals surface area contributed by atoms with Crippen molar-refractivity contribution < 1.29 is 36.2 Å². The zero-order chi connectivity index (χ0) is 46.9. The highest BCUT2D eigenvalue weighted by Crippen LogP contribution is 2.80. The first-order valence-electron chi connectivity index (χ1n) is 21.8. The molecular formula is C52H51N4O8P4+3. The van der Waals surface area contributed by atoms with Crippen molar-refractivity contribution in [2.24, 2.45) is 4.52 Å². The van der Waals surface area contributed by atoms with Crippen molar-refractivity contribution in [2.45, 2.75) is 27.7 Å². The number of para-hydroxylation sites is 8. The molecule has 12 nitrogen and oxygen atoms in total. The molecule has 344 valence electrons. The molecule has 0 saturated heterocycles. The quantitative estimate of drug-likeness (QED) is 0.0802. The molecule has 4 atom stereocenters. The van der Waals surface area contributed by atoms with E-state index in [1.54, 1.807) is 0 Å². The van der Waals surface area contributed by atoms with Gasteiger partial charge in [-0.1, -0.05) is 146 Å². The summed E-state index contributed by atoms with van der Waals surface area (Å²) >= 11 is 0. The van der Waals surface area contributed by atoms with Crippen LogP contribution >= 0.6 is 31.7 Å². The van der Waals surface area contributed by atoms with Gasteiger partial charge in [-0.3, -0.25) is 27.1 Å². The molecular weight excluding hydrogens is 932 g/mol. The van der Waals surface area contributed by atoms with Gasteiger partial charge in [0.1, 0.15) is 21.2 Å². The summed E-state index contributed by atoms with van der Waals surface area (Å²) in [5.41, 5.74) is 3.25. The maximum atomic E-state index is 7.39. The van der Waals surface area contributed by atoms with Gasteiger partial charge in [-0.05, 0) is 123 Å². The van der Waals surface area contributed by atoms with E-state index in [2.05, 4.69) is 14.6 Å². The molecule has 0 aromatic heterocycles. The lowest BCUT2D eigenvalue weighted by molar-refractivity contribution is 0.397. The Hall–Kier alpha value is -6.44. The van der Waals surface area contributed by atoms with E-state index in [4.69, 9.17) is 40.7 Å². The first-order valence-corrected chi connectivity index (χ1v) is 28.2. The lowest BCUT2D eigenvalue weighted by Crippen LogP contribution is -2.45. The first-order chi connectivity index (χ1) is 33.1. The normalized spacial score (nSPS) is 21.1. The number of hydrogen-bond donors (Lipinski definition) is 3. The number of aryl methyl sites for hydroxylation is 4. The highest BCUT2D eigenvalue weighted by Gasteiger charge is 2.79. The van der Waals surface area contributed by atoms with Gasteiger partial charge in [0, 0.05) is 4.86 Å². The average molecular weight is 984 g/mol. The van der Waals surface area contributed by atoms with Gasteiger partial charge in [0.15, 0.2) is 34.5 Å². The Morgan fingerprint density at radius 3 is 1.13 bits per heavy atom. The van der Waals surface area contributed by atoms with E-state index >= 15 is 0 Å². The second-order valence-corrected chi connectivity index (χ2v) is 24.4. The lowest BCUT2D eigenvalue weighted by Gasteiger charge is -2.34. The molecule has 1 aliphatic rings. The predicted octanol–water partition coefficient (Wildman–Crippen LogP) is 15.6. The van der Waals surface area contributed by atoms with Crippen LogP contribution in [0.4, 0.5) is 0 Å². The number of nitrogens with one attached hydrogen (secondary N) is 3. The van der Waals surface area contributed by atoms with Crippen LogP contribution in [0.15, 0.2) is 223 Å². The molecule has 0 spiro atoms. The zero-order valence-electron chi connectivity index (χ0n) is 37.8. The summed E-state index contributed by atoms with van der Waals surface area (Å²) in [6, 6.07) is 68.0. The molecule has 1 heterocycles. The van der Waals surface area contributed by atoms with E-state index in [1.807, 2.05) is 246 Å². The second kappa shape index (κ2) is 20.8. The van der Waals surface area contributed by atoms with E-state index in [1.165, 1.54) is 0 Å². The van der Waals surface area contributed by atoms with Crippen molar-refractivity contribution in [2.75, 3.05) is 0 Å². The topological polar surface area (TPSA) is 122 Å². The number of nitrogens with zero attached hydrogens (tertiary/aromatic N) is 1. The average Bonchev–Trinajstić information content (AvgIpc) is 3.33. The summed E-state index contributed by atoms with van der Waals surface area (Å²) in [5.74, 6) is 3.63. The molecule has 16 heteroatoms. The predicted molar refractivity (Wildman–Crippen MR) is 275 cm³/mol. The van der Waals surface area contributed by atoms with E-state index in [9.17, 15) is 0 Å². The standard InChI is InChI=1S/C52H51N4O8P4/c1-41-25-17-21-37-49(41)61-65(57-45-29-9-5-10-30-45)53-66(58-46-31-11-6-12-32-46,62-50-38-22-18-26-42(50)2)55-68(60-48-35-15-8-16-36-48,64-52-40-24-20-28-44(52)4)56-67(54-65,59-47-33-13-7-14-34-47)63-51-39-23-19-27-43(51)3/h5-40,53-55H,1-4H3/q+3. The maximum Gasteiger partial charge on any atom is 0.617 e. The molecule has 1 aliphatic heterocycles. The second-order valence-electron chi connectivity index (χ2n) is 15.6. The van der Waals surface area contributed by atoms with Gasteiger partial charge in [0.25, 0.3) is 0 Å². The van der Waals surface area contributed by atoms with Crippen LogP contribution in [0, 0.1) is 27.7 Å². The molecule has 0 bridgehead atoms. The third-order valence-electron chi connectivity index (χ3n) is 10.2. The third kappa shape index (κ3) is 11.4. The van der Waals surface area contributed by atoms with Crippen LogP contribution in [0.1, 0.15) is 22.3 Å². The molecule has 0 fully saturated rings. The van der Waals surface area contributed by atoms with Crippen LogP contribution in [0.3, 0.4) is 0 Å². The van der Waals surface area contributed by atoms with Crippen LogP contribution in [-0.4, -0.2) is 0 Å². The minimum absolute atomic E-state index is 0.423. The molecule has 8 aromatic rings. The maximum absolute atomic E-state index is 7.39. The Morgan fingerprint density at radius 1 is 0.324 bits per heavy atom. The molecule has 0 amide bonds. The van der Waals surface area contributed by atoms with Crippen molar-refractivity contribution in [3.63, 3.8) is 0 Å². The number of benzene rings is 8. The highest BCUT2D eigenvalue weighted by atomic mass is 31.3. The molecule has 8 aromatic carbocycles. The minimum atomic E-state index is -4.23. The van der Waals surface area contributed by atoms with E-state index < -0.39 is 31.7 Å². The summed E-state index contributed by atoms with van der Waals surface area (Å²) in [6.07, 6.45) is 0. The third-order valence-corrected chi connectivity index (χ3v) is 22.0. The molecule has 68 heavy (non-hydrogen) atoms. The summed E-state index contributed by atoms with van der Waals surface area (Å²) in [7, 11) is -16.7. The number of rotatable bonds is 16. The van der Waals surface area contributed by atoms with Crippen molar-refractivity contribution in [3.05, 3.63) is 241 Å². The van der Waals surface area contributed by atoms with Gasteiger partial charge in [-0.25, -0.2) is 0 Å². The molecule has 0 radical (unpaired) electrons. The summed E-state index contributed by atoms with van der Waals surface area (Å²) in [5, 5.41) is 0. The highest BCUT2D eigenvalue weighted by molar-refractivity contribution is 7.90.